The number of hydrogen-bond acceptors (Lipinski definition) is 3. The fourth-order valence-electron chi connectivity index (χ4n) is 2.16. The molecule has 19 heavy (non-hydrogen) atoms. The number of pyridine rings is 1. The molecule has 5 heteroatoms. The lowest BCUT2D eigenvalue weighted by Crippen LogP contribution is -2.09. The third-order valence-corrected chi connectivity index (χ3v) is 3.23. The maximum absolute atomic E-state index is 12.6. The van der Waals surface area contributed by atoms with Crippen molar-refractivity contribution in [2.45, 2.75) is 6.92 Å². The summed E-state index contributed by atoms with van der Waals surface area (Å²) in [6.07, 6.45) is 4.69. The molecule has 0 bridgehead atoms. The molecule has 2 aromatic heterocycles. The Balaban J connectivity index is 2.41. The van der Waals surface area contributed by atoms with Crippen molar-refractivity contribution < 1.29 is 0 Å². The zero-order valence-electron chi connectivity index (χ0n) is 10.1. The highest BCUT2D eigenvalue weighted by molar-refractivity contribution is 6.31. The molecule has 1 N–H and O–H groups in total. The fraction of sp³-hybridized carbons (Fsp3) is 0.0714. The number of aromatic amines is 1. The second-order valence-corrected chi connectivity index (χ2v) is 4.71. The van der Waals surface area contributed by atoms with Gasteiger partial charge in [-0.25, -0.2) is 9.97 Å². The molecule has 0 aliphatic heterocycles. The molecule has 3 aromatic rings. The van der Waals surface area contributed by atoms with Crippen molar-refractivity contribution >= 4 is 22.5 Å². The first-order valence-corrected chi connectivity index (χ1v) is 6.12. The Bertz CT molecular complexity index is 812. The normalized spacial score (nSPS) is 10.8. The van der Waals surface area contributed by atoms with Crippen LogP contribution >= 0.6 is 11.6 Å². The highest BCUT2D eigenvalue weighted by Crippen LogP contribution is 2.22. The Hall–Kier alpha value is -2.20. The molecule has 0 atom stereocenters. The van der Waals surface area contributed by atoms with Gasteiger partial charge >= 0.3 is 0 Å². The van der Waals surface area contributed by atoms with Gasteiger partial charge in [0, 0.05) is 39.6 Å². The number of halogens is 1. The van der Waals surface area contributed by atoms with Crippen LogP contribution in [0.1, 0.15) is 5.69 Å². The molecule has 0 aliphatic carbocycles. The van der Waals surface area contributed by atoms with Crippen LogP contribution in [0.5, 0.6) is 0 Å². The van der Waals surface area contributed by atoms with Crippen molar-refractivity contribution in [1.29, 1.82) is 0 Å². The molecule has 0 aliphatic rings. The van der Waals surface area contributed by atoms with Crippen LogP contribution < -0.4 is 5.43 Å². The van der Waals surface area contributed by atoms with Gasteiger partial charge in [-0.05, 0) is 25.1 Å². The number of hydrogen-bond donors (Lipinski definition) is 1. The molecular formula is C14H10ClN3O. The first-order valence-electron chi connectivity index (χ1n) is 5.74. The number of fused-ring (bicyclic) bond motifs is 1. The SMILES string of the molecule is Cc1[nH]c2ccc(Cl)cc2c(=O)c1-c1cncnc1. The van der Waals surface area contributed by atoms with Crippen molar-refractivity contribution in [3.63, 3.8) is 0 Å². The monoisotopic (exact) mass is 271 g/mol. The standard InChI is InChI=1S/C14H10ClN3O/c1-8-13(9-5-16-7-17-6-9)14(19)11-4-10(15)2-3-12(11)18-8/h2-7H,1H3,(H,18,19). The van der Waals surface area contributed by atoms with E-state index in [0.29, 0.717) is 21.5 Å². The van der Waals surface area contributed by atoms with Gasteiger partial charge < -0.3 is 4.98 Å². The van der Waals surface area contributed by atoms with Crippen molar-refractivity contribution in [2.24, 2.45) is 0 Å². The maximum Gasteiger partial charge on any atom is 0.197 e. The maximum atomic E-state index is 12.6. The summed E-state index contributed by atoms with van der Waals surface area (Å²) in [6.45, 7) is 1.86. The lowest BCUT2D eigenvalue weighted by Gasteiger charge is -2.07. The molecule has 0 spiro atoms. The van der Waals surface area contributed by atoms with E-state index >= 15 is 0 Å². The minimum absolute atomic E-state index is 0.0662. The number of nitrogens with zero attached hydrogens (tertiary/aromatic N) is 2. The fourth-order valence-corrected chi connectivity index (χ4v) is 2.33. The number of aryl methyl sites for hydroxylation is 1. The van der Waals surface area contributed by atoms with Gasteiger partial charge in [-0.15, -0.1) is 0 Å². The topological polar surface area (TPSA) is 58.6 Å². The van der Waals surface area contributed by atoms with E-state index in [1.54, 1.807) is 30.6 Å². The average Bonchev–Trinajstić information content (AvgIpc) is 2.41. The second kappa shape index (κ2) is 4.48. The Morgan fingerprint density at radius 2 is 1.95 bits per heavy atom. The molecule has 0 saturated heterocycles. The van der Waals surface area contributed by atoms with Gasteiger partial charge in [-0.1, -0.05) is 11.6 Å². The van der Waals surface area contributed by atoms with Gasteiger partial charge in [0.1, 0.15) is 6.33 Å². The molecule has 0 fully saturated rings. The van der Waals surface area contributed by atoms with Crippen LogP contribution in [-0.4, -0.2) is 15.0 Å². The molecule has 0 amide bonds. The van der Waals surface area contributed by atoms with E-state index in [1.807, 2.05) is 6.92 Å². The average molecular weight is 272 g/mol. The van der Waals surface area contributed by atoms with Crippen LogP contribution in [0.25, 0.3) is 22.0 Å². The van der Waals surface area contributed by atoms with Crippen LogP contribution in [0, 0.1) is 6.92 Å². The summed E-state index contributed by atoms with van der Waals surface area (Å²) >= 11 is 5.95. The van der Waals surface area contributed by atoms with Crippen LogP contribution in [0.3, 0.4) is 0 Å². The first kappa shape index (κ1) is 11.9. The van der Waals surface area contributed by atoms with E-state index < -0.39 is 0 Å². The first-order chi connectivity index (χ1) is 9.16. The lowest BCUT2D eigenvalue weighted by atomic mass is 10.0. The van der Waals surface area contributed by atoms with Crippen LogP contribution in [-0.2, 0) is 0 Å². The summed E-state index contributed by atoms with van der Waals surface area (Å²) in [5.74, 6) is 0. The van der Waals surface area contributed by atoms with E-state index in [1.165, 1.54) is 6.33 Å². The zero-order valence-corrected chi connectivity index (χ0v) is 10.9. The predicted octanol–water partition coefficient (Wildman–Crippen LogP) is 2.95. The zero-order chi connectivity index (χ0) is 13.4. The highest BCUT2D eigenvalue weighted by atomic mass is 35.5. The quantitative estimate of drug-likeness (QED) is 0.740. The van der Waals surface area contributed by atoms with Crippen LogP contribution in [0.2, 0.25) is 5.02 Å². The molecule has 1 aromatic carbocycles. The number of rotatable bonds is 1. The Labute approximate surface area is 114 Å². The third-order valence-electron chi connectivity index (χ3n) is 3.00. The molecule has 4 nitrogen and oxygen atoms in total. The van der Waals surface area contributed by atoms with E-state index in [0.717, 1.165) is 11.2 Å². The van der Waals surface area contributed by atoms with Gasteiger partial charge in [0.05, 0.1) is 5.56 Å². The smallest absolute Gasteiger partial charge is 0.197 e. The van der Waals surface area contributed by atoms with E-state index in [-0.39, 0.29) is 5.43 Å². The van der Waals surface area contributed by atoms with E-state index in [2.05, 4.69) is 15.0 Å². The largest absolute Gasteiger partial charge is 0.358 e. The van der Waals surface area contributed by atoms with Gasteiger partial charge in [0.15, 0.2) is 5.43 Å². The summed E-state index contributed by atoms with van der Waals surface area (Å²) in [5.41, 5.74) is 2.77. The summed E-state index contributed by atoms with van der Waals surface area (Å²) in [5, 5.41) is 1.11. The van der Waals surface area contributed by atoms with Crippen molar-refractivity contribution in [3.05, 3.63) is 57.9 Å². The van der Waals surface area contributed by atoms with Crippen LogP contribution in [0.4, 0.5) is 0 Å². The van der Waals surface area contributed by atoms with Crippen molar-refractivity contribution in [1.82, 2.24) is 15.0 Å². The summed E-state index contributed by atoms with van der Waals surface area (Å²) < 4.78 is 0. The summed E-state index contributed by atoms with van der Waals surface area (Å²) in [4.78, 5) is 23.7. The molecular weight excluding hydrogens is 262 g/mol. The molecule has 0 radical (unpaired) electrons. The number of aromatic nitrogens is 3. The van der Waals surface area contributed by atoms with E-state index in [9.17, 15) is 4.79 Å². The number of benzene rings is 1. The highest BCUT2D eigenvalue weighted by Gasteiger charge is 2.11. The van der Waals surface area contributed by atoms with Gasteiger partial charge in [-0.2, -0.15) is 0 Å². The van der Waals surface area contributed by atoms with Gasteiger partial charge in [0.25, 0.3) is 0 Å². The van der Waals surface area contributed by atoms with Crippen molar-refractivity contribution in [3.8, 4) is 11.1 Å². The van der Waals surface area contributed by atoms with E-state index in [4.69, 9.17) is 11.6 Å². The molecule has 0 saturated carbocycles. The Kier molecular flexibility index (Phi) is 2.80. The molecule has 94 valence electrons. The number of H-pyrrole nitrogens is 1. The Morgan fingerprint density at radius 1 is 1.21 bits per heavy atom. The minimum Gasteiger partial charge on any atom is -0.358 e. The van der Waals surface area contributed by atoms with Gasteiger partial charge in [0.2, 0.25) is 0 Å². The summed E-state index contributed by atoms with van der Waals surface area (Å²) in [6, 6.07) is 5.23. The Morgan fingerprint density at radius 3 is 2.68 bits per heavy atom. The summed E-state index contributed by atoms with van der Waals surface area (Å²) in [7, 11) is 0. The molecule has 3 rings (SSSR count). The van der Waals surface area contributed by atoms with Gasteiger partial charge in [-0.3, -0.25) is 4.79 Å². The lowest BCUT2D eigenvalue weighted by molar-refractivity contribution is 1.16. The molecule has 0 unspecified atom stereocenters. The third kappa shape index (κ3) is 2.00. The number of nitrogens with one attached hydrogen (secondary N) is 1. The minimum atomic E-state index is -0.0662. The predicted molar refractivity (Wildman–Crippen MR) is 75.3 cm³/mol. The van der Waals surface area contributed by atoms with Crippen molar-refractivity contribution in [2.75, 3.05) is 0 Å². The second-order valence-electron chi connectivity index (χ2n) is 4.27. The van der Waals surface area contributed by atoms with Crippen LogP contribution in [0.15, 0.2) is 41.7 Å². The molecule has 2 heterocycles.